The molecule has 3 aromatic carbocycles. The summed E-state index contributed by atoms with van der Waals surface area (Å²) in [5.41, 5.74) is 5.27. The van der Waals surface area contributed by atoms with E-state index in [1.165, 1.54) is 29.3 Å². The van der Waals surface area contributed by atoms with Crippen LogP contribution < -0.4 is 15.8 Å². The lowest BCUT2D eigenvalue weighted by Gasteiger charge is -2.16. The Bertz CT molecular complexity index is 1480. The molecule has 4 rings (SSSR count). The van der Waals surface area contributed by atoms with Crippen molar-refractivity contribution in [3.8, 4) is 0 Å². The number of nitro groups is 1. The quantitative estimate of drug-likeness (QED) is 0.279. The van der Waals surface area contributed by atoms with Gasteiger partial charge in [0.2, 0.25) is 0 Å². The van der Waals surface area contributed by atoms with Crippen LogP contribution in [0.1, 0.15) is 28.4 Å². The van der Waals surface area contributed by atoms with E-state index >= 15 is 0 Å². The SMILES string of the molecule is CC1=NN(c2ccccc2)C(=O)[C@H]1/C(=N\NC(=O)c1ccc([N+](=O)[O-])cc1)C(=O)Nc1ccc(C)c(C)c1. The second-order valence-corrected chi connectivity index (χ2v) is 8.66. The van der Waals surface area contributed by atoms with Gasteiger partial charge < -0.3 is 5.32 Å². The van der Waals surface area contributed by atoms with Gasteiger partial charge in [-0.2, -0.15) is 15.2 Å². The van der Waals surface area contributed by atoms with Crippen LogP contribution in [0.15, 0.2) is 83.0 Å². The summed E-state index contributed by atoms with van der Waals surface area (Å²) < 4.78 is 0. The van der Waals surface area contributed by atoms with Crippen molar-refractivity contribution >= 4 is 46.2 Å². The second-order valence-electron chi connectivity index (χ2n) is 8.66. The summed E-state index contributed by atoms with van der Waals surface area (Å²) in [6.07, 6.45) is 0. The smallest absolute Gasteiger partial charge is 0.273 e. The number of non-ortho nitro benzene ring substituents is 1. The number of aryl methyl sites for hydroxylation is 2. The summed E-state index contributed by atoms with van der Waals surface area (Å²) in [7, 11) is 0. The monoisotopic (exact) mass is 512 g/mol. The molecule has 3 amide bonds. The summed E-state index contributed by atoms with van der Waals surface area (Å²) in [5, 5.41) is 23.2. The number of carbonyl (C=O) groups excluding carboxylic acids is 3. The number of nitrogens with zero attached hydrogens (tertiary/aromatic N) is 4. The van der Waals surface area contributed by atoms with E-state index in [1.807, 2.05) is 19.9 Å². The Labute approximate surface area is 218 Å². The van der Waals surface area contributed by atoms with Gasteiger partial charge in [0.15, 0.2) is 0 Å². The normalized spacial score (nSPS) is 15.2. The van der Waals surface area contributed by atoms with E-state index in [0.717, 1.165) is 11.1 Å². The van der Waals surface area contributed by atoms with E-state index in [2.05, 4.69) is 20.9 Å². The van der Waals surface area contributed by atoms with Crippen molar-refractivity contribution < 1.29 is 19.3 Å². The average Bonchev–Trinajstić information content (AvgIpc) is 3.20. The maximum absolute atomic E-state index is 13.4. The van der Waals surface area contributed by atoms with Crippen molar-refractivity contribution in [1.29, 1.82) is 0 Å². The highest BCUT2D eigenvalue weighted by Gasteiger charge is 2.41. The number of hydrogen-bond acceptors (Lipinski definition) is 7. The molecule has 0 fully saturated rings. The number of benzene rings is 3. The predicted octanol–water partition coefficient (Wildman–Crippen LogP) is 3.98. The largest absolute Gasteiger partial charge is 0.321 e. The number of nitro benzene ring substituents is 1. The number of amides is 3. The molecule has 0 unspecified atom stereocenters. The first-order valence-corrected chi connectivity index (χ1v) is 11.6. The minimum absolute atomic E-state index is 0.0855. The molecule has 38 heavy (non-hydrogen) atoms. The van der Waals surface area contributed by atoms with Crippen LogP contribution in [0.5, 0.6) is 0 Å². The van der Waals surface area contributed by atoms with Gasteiger partial charge in [0.1, 0.15) is 11.6 Å². The fraction of sp³-hybridized carbons (Fsp3) is 0.148. The van der Waals surface area contributed by atoms with Gasteiger partial charge in [-0.05, 0) is 68.3 Å². The third-order valence-corrected chi connectivity index (χ3v) is 6.02. The van der Waals surface area contributed by atoms with E-state index < -0.39 is 28.6 Å². The Morgan fingerprint density at radius 1 is 0.974 bits per heavy atom. The molecule has 11 nitrogen and oxygen atoms in total. The Kier molecular flexibility index (Phi) is 7.38. The van der Waals surface area contributed by atoms with E-state index in [1.54, 1.807) is 49.4 Å². The third-order valence-electron chi connectivity index (χ3n) is 6.02. The van der Waals surface area contributed by atoms with Gasteiger partial charge in [-0.1, -0.05) is 24.3 Å². The maximum Gasteiger partial charge on any atom is 0.273 e. The molecule has 1 aliphatic rings. The number of nitrogens with one attached hydrogen (secondary N) is 2. The highest BCUT2D eigenvalue weighted by Crippen LogP contribution is 2.25. The first-order valence-electron chi connectivity index (χ1n) is 11.6. The lowest BCUT2D eigenvalue weighted by molar-refractivity contribution is -0.384. The van der Waals surface area contributed by atoms with Crippen LogP contribution in [-0.4, -0.2) is 34.1 Å². The highest BCUT2D eigenvalue weighted by molar-refractivity contribution is 6.52. The van der Waals surface area contributed by atoms with Crippen molar-refractivity contribution in [3.05, 3.63) is 99.6 Å². The topological polar surface area (TPSA) is 146 Å². The number of hydrogen-bond donors (Lipinski definition) is 2. The van der Waals surface area contributed by atoms with Gasteiger partial charge in [0.05, 0.1) is 16.3 Å². The Morgan fingerprint density at radius 2 is 1.66 bits per heavy atom. The van der Waals surface area contributed by atoms with Crippen molar-refractivity contribution in [1.82, 2.24) is 5.43 Å². The molecule has 3 aromatic rings. The first kappa shape index (κ1) is 25.9. The van der Waals surface area contributed by atoms with Gasteiger partial charge in [-0.3, -0.25) is 24.5 Å². The third kappa shape index (κ3) is 5.46. The Balaban J connectivity index is 1.65. The maximum atomic E-state index is 13.4. The molecule has 0 aromatic heterocycles. The fourth-order valence-electron chi connectivity index (χ4n) is 3.81. The van der Waals surface area contributed by atoms with Crippen LogP contribution in [0.2, 0.25) is 0 Å². The van der Waals surface area contributed by atoms with Gasteiger partial charge in [0.25, 0.3) is 23.4 Å². The Hall–Kier alpha value is -5.19. The minimum Gasteiger partial charge on any atom is -0.321 e. The molecule has 192 valence electrons. The Morgan fingerprint density at radius 3 is 2.29 bits per heavy atom. The average molecular weight is 513 g/mol. The summed E-state index contributed by atoms with van der Waals surface area (Å²) in [6, 6.07) is 19.0. The number of carbonyl (C=O) groups is 3. The molecular formula is C27H24N6O5. The highest BCUT2D eigenvalue weighted by atomic mass is 16.6. The van der Waals surface area contributed by atoms with Crippen molar-refractivity contribution in [3.63, 3.8) is 0 Å². The van der Waals surface area contributed by atoms with Crippen LogP contribution in [0, 0.1) is 29.9 Å². The summed E-state index contributed by atoms with van der Waals surface area (Å²) in [6.45, 7) is 5.44. The van der Waals surface area contributed by atoms with Crippen LogP contribution >= 0.6 is 0 Å². The molecule has 0 saturated heterocycles. The van der Waals surface area contributed by atoms with Gasteiger partial charge in [-0.15, -0.1) is 0 Å². The molecule has 1 heterocycles. The van der Waals surface area contributed by atoms with E-state index in [-0.39, 0.29) is 17.0 Å². The van der Waals surface area contributed by atoms with Gasteiger partial charge in [0, 0.05) is 23.4 Å². The van der Waals surface area contributed by atoms with Crippen molar-refractivity contribution in [2.45, 2.75) is 20.8 Å². The minimum atomic E-state index is -1.15. The zero-order chi connectivity index (χ0) is 27.4. The molecule has 0 bridgehead atoms. The first-order chi connectivity index (χ1) is 18.2. The molecule has 2 N–H and O–H groups in total. The number of anilines is 2. The van der Waals surface area contributed by atoms with Crippen LogP contribution in [0.25, 0.3) is 0 Å². The van der Waals surface area contributed by atoms with Gasteiger partial charge in [-0.25, -0.2) is 5.43 Å². The summed E-state index contributed by atoms with van der Waals surface area (Å²) >= 11 is 0. The standard InChI is InChI=1S/C27H24N6O5/c1-16-9-12-20(15-17(16)2)28-26(35)24(29-30-25(34)19-10-13-22(14-11-19)33(37)38)23-18(3)31-32(27(23)36)21-7-5-4-6-8-21/h4-15,23H,1-3H3,(H,28,35)(H,30,34)/b29-24+/t23-/m1/s1. The molecule has 1 atom stereocenters. The van der Waals surface area contributed by atoms with Crippen LogP contribution in [0.3, 0.4) is 0 Å². The number of hydrazone groups is 2. The summed E-state index contributed by atoms with van der Waals surface area (Å²) in [4.78, 5) is 49.8. The molecule has 0 saturated carbocycles. The molecule has 0 spiro atoms. The zero-order valence-electron chi connectivity index (χ0n) is 20.8. The zero-order valence-corrected chi connectivity index (χ0v) is 20.8. The number of para-hydroxylation sites is 1. The molecule has 11 heteroatoms. The lowest BCUT2D eigenvalue weighted by Crippen LogP contribution is -2.40. The fourth-order valence-corrected chi connectivity index (χ4v) is 3.81. The van der Waals surface area contributed by atoms with Gasteiger partial charge >= 0.3 is 0 Å². The van der Waals surface area contributed by atoms with Crippen LogP contribution in [-0.2, 0) is 9.59 Å². The number of rotatable bonds is 7. The molecule has 0 aliphatic carbocycles. The lowest BCUT2D eigenvalue weighted by atomic mass is 9.97. The van der Waals surface area contributed by atoms with E-state index in [4.69, 9.17) is 0 Å². The van der Waals surface area contributed by atoms with Crippen LogP contribution in [0.4, 0.5) is 17.1 Å². The summed E-state index contributed by atoms with van der Waals surface area (Å²) in [5.74, 6) is -3.07. The van der Waals surface area contributed by atoms with E-state index in [0.29, 0.717) is 17.1 Å². The predicted molar refractivity (Wildman–Crippen MR) is 143 cm³/mol. The second kappa shape index (κ2) is 10.8. The molecular weight excluding hydrogens is 488 g/mol. The van der Waals surface area contributed by atoms with Crippen molar-refractivity contribution in [2.75, 3.05) is 10.3 Å². The van der Waals surface area contributed by atoms with Crippen molar-refractivity contribution in [2.24, 2.45) is 16.1 Å². The molecule has 1 aliphatic heterocycles. The molecule has 0 radical (unpaired) electrons. The van der Waals surface area contributed by atoms with E-state index in [9.17, 15) is 24.5 Å².